The molecule has 1 fully saturated rings. The highest BCUT2D eigenvalue weighted by molar-refractivity contribution is 8.14. The summed E-state index contributed by atoms with van der Waals surface area (Å²) >= 11 is 0.926. The molecule has 0 saturated carbocycles. The van der Waals surface area contributed by atoms with Crippen molar-refractivity contribution in [1.29, 1.82) is 0 Å². The van der Waals surface area contributed by atoms with Gasteiger partial charge in [-0.2, -0.15) is 0 Å². The molecule has 1 saturated heterocycles. The topological polar surface area (TPSA) is 98.8 Å². The summed E-state index contributed by atoms with van der Waals surface area (Å²) in [6.07, 6.45) is 0. The Bertz CT molecular complexity index is 644. The molecule has 0 radical (unpaired) electrons. The summed E-state index contributed by atoms with van der Waals surface area (Å²) in [6, 6.07) is 7.02. The van der Waals surface area contributed by atoms with E-state index in [2.05, 4.69) is 10.6 Å². The normalized spacial score (nSPS) is 13.8. The number of nitrogens with one attached hydrogen (secondary N) is 2. The molecule has 1 heterocycles. The van der Waals surface area contributed by atoms with Crippen molar-refractivity contribution in [1.82, 2.24) is 10.2 Å². The molecule has 0 unspecified atom stereocenters. The lowest BCUT2D eigenvalue weighted by atomic mass is 10.2. The number of nitrogens with zero attached hydrogens (tertiary/aromatic N) is 2. The summed E-state index contributed by atoms with van der Waals surface area (Å²) in [5.41, 5.74) is 1.47. The van der Waals surface area contributed by atoms with Crippen molar-refractivity contribution < 1.29 is 19.2 Å². The van der Waals surface area contributed by atoms with E-state index in [9.17, 15) is 19.2 Å². The zero-order valence-corrected chi connectivity index (χ0v) is 14.2. The van der Waals surface area contributed by atoms with Gasteiger partial charge in [0.05, 0.1) is 5.75 Å². The fourth-order valence-corrected chi connectivity index (χ4v) is 2.74. The van der Waals surface area contributed by atoms with Crippen molar-refractivity contribution in [2.75, 3.05) is 43.2 Å². The summed E-state index contributed by atoms with van der Waals surface area (Å²) in [7, 11) is 3.80. The third-order valence-electron chi connectivity index (χ3n) is 3.31. The highest BCUT2D eigenvalue weighted by atomic mass is 32.2. The number of benzene rings is 1. The Hall–Kier alpha value is -2.55. The first kappa shape index (κ1) is 17.8. The average Bonchev–Trinajstić information content (AvgIpc) is 2.87. The van der Waals surface area contributed by atoms with Gasteiger partial charge in [0.1, 0.15) is 0 Å². The van der Waals surface area contributed by atoms with Gasteiger partial charge in [0.15, 0.2) is 0 Å². The monoisotopic (exact) mass is 350 g/mol. The second-order valence-electron chi connectivity index (χ2n) is 5.25. The van der Waals surface area contributed by atoms with Crippen molar-refractivity contribution in [3.63, 3.8) is 0 Å². The Kier molecular flexibility index (Phi) is 5.80. The smallest absolute Gasteiger partial charge is 0.313 e. The van der Waals surface area contributed by atoms with Crippen molar-refractivity contribution >= 4 is 46.1 Å². The molecule has 8 nitrogen and oxygen atoms in total. The second-order valence-corrected chi connectivity index (χ2v) is 6.18. The highest BCUT2D eigenvalue weighted by Crippen LogP contribution is 2.17. The van der Waals surface area contributed by atoms with E-state index >= 15 is 0 Å². The number of carbonyl (C=O) groups is 4. The average molecular weight is 350 g/mol. The quantitative estimate of drug-likeness (QED) is 0.751. The molecular formula is C15H18N4O4S. The van der Waals surface area contributed by atoms with Gasteiger partial charge in [0.2, 0.25) is 5.91 Å². The predicted molar refractivity (Wildman–Crippen MR) is 92.0 cm³/mol. The Labute approximate surface area is 143 Å². The predicted octanol–water partition coefficient (Wildman–Crippen LogP) is 0.503. The lowest BCUT2D eigenvalue weighted by Gasteiger charge is -2.14. The summed E-state index contributed by atoms with van der Waals surface area (Å²) in [4.78, 5) is 49.3. The molecule has 0 atom stereocenters. The van der Waals surface area contributed by atoms with Crippen LogP contribution in [0.5, 0.6) is 0 Å². The minimum atomic E-state index is -0.821. The van der Waals surface area contributed by atoms with Gasteiger partial charge in [0.25, 0.3) is 5.24 Å². The maximum atomic E-state index is 11.8. The van der Waals surface area contributed by atoms with Gasteiger partial charge < -0.3 is 15.5 Å². The Morgan fingerprint density at radius 3 is 2.38 bits per heavy atom. The molecule has 9 heteroatoms. The third kappa shape index (κ3) is 4.48. The molecule has 0 aromatic heterocycles. The van der Waals surface area contributed by atoms with Crippen molar-refractivity contribution in [2.24, 2.45) is 0 Å². The van der Waals surface area contributed by atoms with E-state index < -0.39 is 11.8 Å². The van der Waals surface area contributed by atoms with E-state index in [-0.39, 0.29) is 30.0 Å². The van der Waals surface area contributed by atoms with Crippen molar-refractivity contribution in [3.8, 4) is 0 Å². The molecule has 1 aromatic rings. The molecule has 0 bridgehead atoms. The first-order valence-corrected chi connectivity index (χ1v) is 8.20. The lowest BCUT2D eigenvalue weighted by molar-refractivity contribution is -0.136. The molecule has 1 aliphatic rings. The number of anilines is 2. The molecule has 24 heavy (non-hydrogen) atoms. The van der Waals surface area contributed by atoms with Gasteiger partial charge >= 0.3 is 11.8 Å². The fourth-order valence-electron chi connectivity index (χ4n) is 1.99. The molecule has 2 rings (SSSR count). The number of hydrogen-bond donors (Lipinski definition) is 2. The summed E-state index contributed by atoms with van der Waals surface area (Å²) in [6.45, 7) is 0.0884. The molecule has 128 valence electrons. The van der Waals surface area contributed by atoms with Gasteiger partial charge in [-0.15, -0.1) is 0 Å². The Balaban J connectivity index is 1.78. The lowest BCUT2D eigenvalue weighted by Crippen LogP contribution is -2.41. The van der Waals surface area contributed by atoms with Crippen LogP contribution in [0.25, 0.3) is 0 Å². The molecule has 1 aromatic carbocycles. The van der Waals surface area contributed by atoms with Crippen LogP contribution in [0.2, 0.25) is 0 Å². The number of thioether (sulfide) groups is 1. The molecule has 0 aliphatic carbocycles. The van der Waals surface area contributed by atoms with Crippen LogP contribution >= 0.6 is 11.8 Å². The standard InChI is InChI=1S/C15H18N4O4S/c1-18(2)11-5-3-10(4-6-11)17-14(22)13(21)16-7-8-19-12(20)9-24-15(19)23/h3-6H,7-9H2,1-2H3,(H,16,21)(H,17,22). The number of carbonyl (C=O) groups excluding carboxylic acids is 4. The Morgan fingerprint density at radius 2 is 1.83 bits per heavy atom. The molecule has 2 N–H and O–H groups in total. The van der Waals surface area contributed by atoms with Crippen molar-refractivity contribution in [3.05, 3.63) is 24.3 Å². The van der Waals surface area contributed by atoms with E-state index in [1.165, 1.54) is 0 Å². The Morgan fingerprint density at radius 1 is 1.17 bits per heavy atom. The summed E-state index contributed by atoms with van der Waals surface area (Å²) in [5, 5.41) is 4.53. The van der Waals surface area contributed by atoms with E-state index in [4.69, 9.17) is 0 Å². The van der Waals surface area contributed by atoms with E-state index in [1.807, 2.05) is 31.1 Å². The van der Waals surface area contributed by atoms with Gasteiger partial charge in [-0.3, -0.25) is 24.1 Å². The molecular weight excluding hydrogens is 332 g/mol. The van der Waals surface area contributed by atoms with Crippen LogP contribution in [-0.4, -0.2) is 60.8 Å². The van der Waals surface area contributed by atoms with Gasteiger partial charge in [0, 0.05) is 38.6 Å². The largest absolute Gasteiger partial charge is 0.378 e. The summed E-state index contributed by atoms with van der Waals surface area (Å²) < 4.78 is 0. The zero-order valence-electron chi connectivity index (χ0n) is 13.4. The minimum absolute atomic E-state index is 0.0316. The van der Waals surface area contributed by atoms with E-state index in [0.29, 0.717) is 5.69 Å². The van der Waals surface area contributed by atoms with Crippen LogP contribution in [0, 0.1) is 0 Å². The van der Waals surface area contributed by atoms with Gasteiger partial charge in [-0.25, -0.2) is 0 Å². The number of hydrogen-bond acceptors (Lipinski definition) is 6. The zero-order chi connectivity index (χ0) is 17.7. The number of imide groups is 1. The van der Waals surface area contributed by atoms with Crippen LogP contribution < -0.4 is 15.5 Å². The van der Waals surface area contributed by atoms with Crippen LogP contribution in [0.4, 0.5) is 16.2 Å². The minimum Gasteiger partial charge on any atom is -0.378 e. The molecule has 4 amide bonds. The highest BCUT2D eigenvalue weighted by Gasteiger charge is 2.29. The van der Waals surface area contributed by atoms with Crippen LogP contribution in [0.3, 0.4) is 0 Å². The van der Waals surface area contributed by atoms with E-state index in [0.717, 1.165) is 22.3 Å². The second kappa shape index (κ2) is 7.82. The SMILES string of the molecule is CN(C)c1ccc(NC(=O)C(=O)NCCN2C(=O)CSC2=O)cc1. The maximum Gasteiger partial charge on any atom is 0.313 e. The van der Waals surface area contributed by atoms with Gasteiger partial charge in [-0.1, -0.05) is 11.8 Å². The first-order valence-electron chi connectivity index (χ1n) is 7.22. The first-order chi connectivity index (χ1) is 11.4. The fraction of sp³-hybridized carbons (Fsp3) is 0.333. The van der Waals surface area contributed by atoms with Crippen LogP contribution in [-0.2, 0) is 14.4 Å². The van der Waals surface area contributed by atoms with Crippen LogP contribution in [0.15, 0.2) is 24.3 Å². The number of amides is 4. The van der Waals surface area contributed by atoms with Crippen molar-refractivity contribution in [2.45, 2.75) is 0 Å². The third-order valence-corrected chi connectivity index (χ3v) is 4.17. The summed E-state index contributed by atoms with van der Waals surface area (Å²) in [5.74, 6) is -1.79. The molecule has 1 aliphatic heterocycles. The van der Waals surface area contributed by atoms with Crippen LogP contribution in [0.1, 0.15) is 0 Å². The maximum absolute atomic E-state index is 11.8. The molecule has 0 spiro atoms. The van der Waals surface area contributed by atoms with Gasteiger partial charge in [-0.05, 0) is 24.3 Å². The number of rotatable bonds is 5. The van der Waals surface area contributed by atoms with E-state index in [1.54, 1.807) is 12.1 Å².